The van der Waals surface area contributed by atoms with Crippen LogP contribution in [0, 0.1) is 0 Å². The maximum atomic E-state index is 12.5. The fraction of sp³-hybridized carbons (Fsp3) is 0.100. The van der Waals surface area contributed by atoms with Gasteiger partial charge in [-0.2, -0.15) is 4.98 Å². The Bertz CT molecular complexity index is 1230. The van der Waals surface area contributed by atoms with Crippen molar-refractivity contribution in [1.82, 2.24) is 10.1 Å². The summed E-state index contributed by atoms with van der Waals surface area (Å²) in [5.41, 5.74) is 0.815. The average Bonchev–Trinajstić information content (AvgIpc) is 3.38. The van der Waals surface area contributed by atoms with Gasteiger partial charge in [0.1, 0.15) is 11.5 Å². The van der Waals surface area contributed by atoms with E-state index < -0.39 is 9.84 Å². The number of nitrogens with zero attached hydrogens (tertiary/aromatic N) is 2. The first-order valence-electron chi connectivity index (χ1n) is 8.50. The van der Waals surface area contributed by atoms with Gasteiger partial charge in [-0.05, 0) is 66.9 Å². The lowest BCUT2D eigenvalue weighted by molar-refractivity contribution is 0.413. The molecule has 0 aliphatic carbocycles. The third-order valence-corrected chi connectivity index (χ3v) is 6.80. The number of thioether (sulfide) groups is 1. The SMILES string of the molecule is CSc1ccc(-c2noc(-c3ccc(CS(=O)(=O)c4ccc(Cl)cc4)o3)n2)cc1. The van der Waals surface area contributed by atoms with Gasteiger partial charge in [0, 0.05) is 15.5 Å². The van der Waals surface area contributed by atoms with Crippen molar-refractivity contribution in [3.8, 4) is 23.0 Å². The Morgan fingerprint density at radius 1 is 1.00 bits per heavy atom. The first-order valence-corrected chi connectivity index (χ1v) is 11.8. The first kappa shape index (κ1) is 19.8. The highest BCUT2D eigenvalue weighted by Gasteiger charge is 2.20. The van der Waals surface area contributed by atoms with Gasteiger partial charge in [0.2, 0.25) is 5.82 Å². The van der Waals surface area contributed by atoms with Crippen molar-refractivity contribution in [2.45, 2.75) is 15.5 Å². The van der Waals surface area contributed by atoms with Crippen molar-refractivity contribution >= 4 is 33.2 Å². The van der Waals surface area contributed by atoms with Crippen molar-refractivity contribution in [1.29, 1.82) is 0 Å². The van der Waals surface area contributed by atoms with E-state index in [1.165, 1.54) is 24.3 Å². The van der Waals surface area contributed by atoms with E-state index in [9.17, 15) is 8.42 Å². The smallest absolute Gasteiger partial charge is 0.293 e. The molecule has 4 rings (SSSR count). The van der Waals surface area contributed by atoms with Gasteiger partial charge in [0.05, 0.1) is 4.90 Å². The highest BCUT2D eigenvalue weighted by atomic mass is 35.5. The minimum atomic E-state index is -3.56. The van der Waals surface area contributed by atoms with Crippen LogP contribution in [0.3, 0.4) is 0 Å². The molecule has 0 radical (unpaired) electrons. The van der Waals surface area contributed by atoms with Crippen molar-refractivity contribution in [3.63, 3.8) is 0 Å². The maximum absolute atomic E-state index is 12.5. The molecule has 0 saturated heterocycles. The quantitative estimate of drug-likeness (QED) is 0.369. The molecule has 0 saturated carbocycles. The second kappa shape index (κ2) is 8.06. The van der Waals surface area contributed by atoms with E-state index in [1.807, 2.05) is 30.5 Å². The molecule has 0 amide bonds. The first-order chi connectivity index (χ1) is 13.9. The van der Waals surface area contributed by atoms with Gasteiger partial charge in [-0.1, -0.05) is 16.8 Å². The molecule has 0 bridgehead atoms. The summed E-state index contributed by atoms with van der Waals surface area (Å²) >= 11 is 7.46. The third-order valence-electron chi connectivity index (χ3n) is 4.15. The largest absolute Gasteiger partial charge is 0.455 e. The summed E-state index contributed by atoms with van der Waals surface area (Å²) in [6, 6.07) is 17.0. The van der Waals surface area contributed by atoms with Crippen LogP contribution in [0.15, 0.2) is 79.4 Å². The van der Waals surface area contributed by atoms with Crippen LogP contribution in [-0.4, -0.2) is 24.8 Å². The second-order valence-corrected chi connectivity index (χ2v) is 9.44. The van der Waals surface area contributed by atoms with E-state index >= 15 is 0 Å². The van der Waals surface area contributed by atoms with Gasteiger partial charge in [-0.25, -0.2) is 8.42 Å². The number of rotatable bonds is 6. The van der Waals surface area contributed by atoms with E-state index in [-0.39, 0.29) is 22.3 Å². The normalized spacial score (nSPS) is 11.7. The topological polar surface area (TPSA) is 86.2 Å². The van der Waals surface area contributed by atoms with Gasteiger partial charge >= 0.3 is 0 Å². The Kier molecular flexibility index (Phi) is 5.49. The lowest BCUT2D eigenvalue weighted by atomic mass is 10.2. The molecule has 0 spiro atoms. The molecule has 0 N–H and O–H groups in total. The average molecular weight is 447 g/mol. The lowest BCUT2D eigenvalue weighted by Crippen LogP contribution is -2.03. The predicted molar refractivity (Wildman–Crippen MR) is 112 cm³/mol. The molecule has 6 nitrogen and oxygen atoms in total. The molecule has 2 aromatic carbocycles. The molecule has 0 unspecified atom stereocenters. The molecule has 2 heterocycles. The summed E-state index contributed by atoms with van der Waals surface area (Å²) in [7, 11) is -3.56. The molecule has 148 valence electrons. The molecular weight excluding hydrogens is 432 g/mol. The van der Waals surface area contributed by atoms with E-state index in [0.717, 1.165) is 10.5 Å². The zero-order valence-corrected chi connectivity index (χ0v) is 17.6. The fourth-order valence-electron chi connectivity index (χ4n) is 2.66. The summed E-state index contributed by atoms with van der Waals surface area (Å²) in [5, 5.41) is 4.45. The van der Waals surface area contributed by atoms with Crippen LogP contribution >= 0.6 is 23.4 Å². The highest BCUT2D eigenvalue weighted by molar-refractivity contribution is 7.98. The van der Waals surface area contributed by atoms with Crippen LogP contribution in [0.5, 0.6) is 0 Å². The summed E-state index contributed by atoms with van der Waals surface area (Å²) in [6.45, 7) is 0. The number of hydrogen-bond acceptors (Lipinski definition) is 7. The number of sulfone groups is 1. The number of hydrogen-bond donors (Lipinski definition) is 0. The Morgan fingerprint density at radius 3 is 2.41 bits per heavy atom. The molecule has 29 heavy (non-hydrogen) atoms. The van der Waals surface area contributed by atoms with Gasteiger partial charge in [0.25, 0.3) is 5.89 Å². The van der Waals surface area contributed by atoms with Crippen LogP contribution in [-0.2, 0) is 15.6 Å². The predicted octanol–water partition coefficient (Wildman–Crippen LogP) is 5.35. The summed E-state index contributed by atoms with van der Waals surface area (Å²) in [6.07, 6.45) is 2.00. The molecular formula is C20H15ClN2O4S2. The Morgan fingerprint density at radius 2 is 1.72 bits per heavy atom. The zero-order valence-electron chi connectivity index (χ0n) is 15.2. The molecule has 0 atom stereocenters. The standard InChI is InChI=1S/C20H15ClN2O4S2/c1-28-16-7-2-13(3-8-16)19-22-20(27-23-19)18-11-6-15(26-18)12-29(24,25)17-9-4-14(21)5-10-17/h2-11H,12H2,1H3. The van der Waals surface area contributed by atoms with E-state index in [0.29, 0.717) is 16.6 Å². The summed E-state index contributed by atoms with van der Waals surface area (Å²) < 4.78 is 36.0. The zero-order chi connectivity index (χ0) is 20.4. The Hall–Kier alpha value is -2.55. The molecule has 9 heteroatoms. The second-order valence-electron chi connectivity index (χ2n) is 6.13. The Balaban J connectivity index is 1.53. The highest BCUT2D eigenvalue weighted by Crippen LogP contribution is 2.27. The van der Waals surface area contributed by atoms with Crippen LogP contribution in [0.1, 0.15) is 5.76 Å². The van der Waals surface area contributed by atoms with Crippen LogP contribution in [0.25, 0.3) is 23.0 Å². The molecule has 0 aliphatic heterocycles. The Labute approximate surface area is 176 Å². The van der Waals surface area contributed by atoms with Gasteiger partial charge in [0.15, 0.2) is 15.6 Å². The van der Waals surface area contributed by atoms with E-state index in [2.05, 4.69) is 10.1 Å². The minimum Gasteiger partial charge on any atom is -0.455 e. The molecule has 4 aromatic rings. The number of halogens is 1. The van der Waals surface area contributed by atoms with Crippen molar-refractivity contribution in [3.05, 3.63) is 71.4 Å². The van der Waals surface area contributed by atoms with Crippen molar-refractivity contribution in [2.75, 3.05) is 6.26 Å². The molecule has 0 fully saturated rings. The summed E-state index contributed by atoms with van der Waals surface area (Å²) in [4.78, 5) is 5.65. The van der Waals surface area contributed by atoms with Gasteiger partial charge < -0.3 is 8.94 Å². The van der Waals surface area contributed by atoms with Crippen LogP contribution < -0.4 is 0 Å². The van der Waals surface area contributed by atoms with Crippen molar-refractivity contribution in [2.24, 2.45) is 0 Å². The molecule has 2 aromatic heterocycles. The minimum absolute atomic E-state index is 0.175. The number of benzene rings is 2. The fourth-order valence-corrected chi connectivity index (χ4v) is 4.45. The maximum Gasteiger partial charge on any atom is 0.293 e. The van der Waals surface area contributed by atoms with E-state index in [4.69, 9.17) is 20.5 Å². The third kappa shape index (κ3) is 4.39. The van der Waals surface area contributed by atoms with Crippen molar-refractivity contribution < 1.29 is 17.4 Å². The lowest BCUT2D eigenvalue weighted by Gasteiger charge is -2.02. The van der Waals surface area contributed by atoms with Gasteiger partial charge in [-0.15, -0.1) is 11.8 Å². The number of furan rings is 1. The van der Waals surface area contributed by atoms with Crippen LogP contribution in [0.2, 0.25) is 5.02 Å². The van der Waals surface area contributed by atoms with E-state index in [1.54, 1.807) is 23.9 Å². The monoisotopic (exact) mass is 446 g/mol. The summed E-state index contributed by atoms with van der Waals surface area (Å²) in [5.74, 6) is 0.916. The number of aromatic nitrogens is 2. The van der Waals surface area contributed by atoms with Gasteiger partial charge in [-0.3, -0.25) is 0 Å². The van der Waals surface area contributed by atoms with Crippen LogP contribution in [0.4, 0.5) is 0 Å². The molecule has 0 aliphatic rings.